The Balaban J connectivity index is 1.58. The lowest BCUT2D eigenvalue weighted by Crippen LogP contribution is -2.16. The van der Waals surface area contributed by atoms with E-state index < -0.39 is 0 Å². The molecule has 0 fully saturated rings. The van der Waals surface area contributed by atoms with E-state index in [2.05, 4.69) is 29.4 Å². The molecule has 3 aromatic rings. The summed E-state index contributed by atoms with van der Waals surface area (Å²) in [5.41, 5.74) is 2.65. The quantitative estimate of drug-likeness (QED) is 0.463. The number of nitrogen functional groups attached to an aromatic ring is 1. The minimum Gasteiger partial charge on any atom is -0.335 e. The Morgan fingerprint density at radius 3 is 2.50 bits per heavy atom. The van der Waals surface area contributed by atoms with Crippen LogP contribution in [0.15, 0.2) is 53.7 Å². The molecule has 0 bridgehead atoms. The van der Waals surface area contributed by atoms with Crippen LogP contribution in [0.25, 0.3) is 11.4 Å². The Bertz CT molecular complexity index is 940. The summed E-state index contributed by atoms with van der Waals surface area (Å²) in [5.74, 6) is 6.56. The molecule has 146 valence electrons. The standard InChI is InChI=1S/C20H22FN5OS/c1-3-13(2)14-6-10-17(11-7-14)23-18(27)12-28-20-25-24-19(26(20)22)15-4-8-16(21)9-5-15/h4-11,13H,3,12,22H2,1-2H3,(H,23,27)/t13-/m1/s1. The van der Waals surface area contributed by atoms with E-state index in [1.165, 1.54) is 34.1 Å². The molecule has 0 saturated heterocycles. The normalized spacial score (nSPS) is 12.0. The summed E-state index contributed by atoms with van der Waals surface area (Å²) in [6, 6.07) is 13.7. The molecule has 1 heterocycles. The molecule has 0 aliphatic rings. The minimum absolute atomic E-state index is 0.145. The van der Waals surface area contributed by atoms with Crippen LogP contribution in [0.1, 0.15) is 31.7 Å². The molecule has 1 atom stereocenters. The number of amides is 1. The van der Waals surface area contributed by atoms with E-state index in [9.17, 15) is 9.18 Å². The van der Waals surface area contributed by atoms with Gasteiger partial charge in [-0.25, -0.2) is 9.07 Å². The summed E-state index contributed by atoms with van der Waals surface area (Å²) in [5, 5.41) is 11.3. The van der Waals surface area contributed by atoms with Crippen molar-refractivity contribution in [2.75, 3.05) is 16.9 Å². The largest absolute Gasteiger partial charge is 0.335 e. The Kier molecular flexibility index (Phi) is 6.30. The van der Waals surface area contributed by atoms with E-state index in [0.29, 0.717) is 22.5 Å². The van der Waals surface area contributed by atoms with E-state index in [4.69, 9.17) is 5.84 Å². The number of hydrogen-bond donors (Lipinski definition) is 2. The van der Waals surface area contributed by atoms with Gasteiger partial charge in [0.25, 0.3) is 0 Å². The average molecular weight is 399 g/mol. The molecule has 0 aliphatic heterocycles. The monoisotopic (exact) mass is 399 g/mol. The predicted octanol–water partition coefficient (Wildman–Crippen LogP) is 4.04. The predicted molar refractivity (Wildman–Crippen MR) is 110 cm³/mol. The van der Waals surface area contributed by atoms with Gasteiger partial charge in [0.15, 0.2) is 5.82 Å². The maximum atomic E-state index is 13.1. The van der Waals surface area contributed by atoms with Crippen LogP contribution in [0, 0.1) is 5.82 Å². The van der Waals surface area contributed by atoms with Crippen molar-refractivity contribution in [3.8, 4) is 11.4 Å². The molecule has 1 amide bonds. The highest BCUT2D eigenvalue weighted by atomic mass is 32.2. The zero-order chi connectivity index (χ0) is 20.1. The zero-order valence-corrected chi connectivity index (χ0v) is 16.5. The first-order valence-corrected chi connectivity index (χ1v) is 9.95. The van der Waals surface area contributed by atoms with Crippen LogP contribution in [-0.4, -0.2) is 26.5 Å². The van der Waals surface area contributed by atoms with Crippen molar-refractivity contribution in [1.82, 2.24) is 14.9 Å². The molecular weight excluding hydrogens is 377 g/mol. The van der Waals surface area contributed by atoms with Crippen LogP contribution >= 0.6 is 11.8 Å². The minimum atomic E-state index is -0.338. The lowest BCUT2D eigenvalue weighted by Gasteiger charge is -2.10. The van der Waals surface area contributed by atoms with Gasteiger partial charge in [0, 0.05) is 11.3 Å². The smallest absolute Gasteiger partial charge is 0.234 e. The van der Waals surface area contributed by atoms with Gasteiger partial charge in [-0.2, -0.15) is 0 Å². The van der Waals surface area contributed by atoms with E-state index in [1.54, 1.807) is 12.1 Å². The number of halogens is 1. The highest BCUT2D eigenvalue weighted by molar-refractivity contribution is 7.99. The van der Waals surface area contributed by atoms with Gasteiger partial charge in [0.1, 0.15) is 5.82 Å². The van der Waals surface area contributed by atoms with Gasteiger partial charge in [-0.1, -0.05) is 37.7 Å². The summed E-state index contributed by atoms with van der Waals surface area (Å²) < 4.78 is 14.4. The maximum Gasteiger partial charge on any atom is 0.234 e. The fourth-order valence-corrected chi connectivity index (χ4v) is 3.29. The number of rotatable bonds is 7. The van der Waals surface area contributed by atoms with Crippen LogP contribution in [0.2, 0.25) is 0 Å². The Labute approximate surface area is 167 Å². The van der Waals surface area contributed by atoms with Gasteiger partial charge < -0.3 is 11.2 Å². The molecule has 0 saturated carbocycles. The van der Waals surface area contributed by atoms with Gasteiger partial charge in [-0.3, -0.25) is 4.79 Å². The number of carbonyl (C=O) groups is 1. The van der Waals surface area contributed by atoms with E-state index in [-0.39, 0.29) is 17.5 Å². The molecule has 3 rings (SSSR count). The molecule has 1 aromatic heterocycles. The molecule has 2 aromatic carbocycles. The topological polar surface area (TPSA) is 85.8 Å². The molecule has 8 heteroatoms. The SMILES string of the molecule is CC[C@@H](C)c1ccc(NC(=O)CSc2nnc(-c3ccc(F)cc3)n2N)cc1. The number of benzene rings is 2. The van der Waals surface area contributed by atoms with Crippen molar-refractivity contribution in [2.24, 2.45) is 0 Å². The first-order chi connectivity index (χ1) is 13.5. The van der Waals surface area contributed by atoms with Crippen LogP contribution in [-0.2, 0) is 4.79 Å². The number of nitrogens with zero attached hydrogens (tertiary/aromatic N) is 3. The second-order valence-corrected chi connectivity index (χ2v) is 7.39. The zero-order valence-electron chi connectivity index (χ0n) is 15.7. The number of aromatic nitrogens is 3. The molecule has 0 radical (unpaired) electrons. The molecule has 3 N–H and O–H groups in total. The van der Waals surface area contributed by atoms with Crippen LogP contribution in [0.4, 0.5) is 10.1 Å². The van der Waals surface area contributed by atoms with Gasteiger partial charge in [-0.15, -0.1) is 10.2 Å². The van der Waals surface area contributed by atoms with Gasteiger partial charge in [0.2, 0.25) is 11.1 Å². The third-order valence-corrected chi connectivity index (χ3v) is 5.42. The third-order valence-electron chi connectivity index (χ3n) is 4.48. The highest BCUT2D eigenvalue weighted by Crippen LogP contribution is 2.23. The van der Waals surface area contributed by atoms with E-state index in [0.717, 1.165) is 12.1 Å². The number of nitrogens with two attached hydrogens (primary N) is 1. The average Bonchev–Trinajstić information content (AvgIpc) is 3.07. The van der Waals surface area contributed by atoms with Crippen molar-refractivity contribution in [3.63, 3.8) is 0 Å². The van der Waals surface area contributed by atoms with Gasteiger partial charge in [0.05, 0.1) is 5.75 Å². The van der Waals surface area contributed by atoms with Crippen molar-refractivity contribution in [3.05, 3.63) is 59.9 Å². The van der Waals surface area contributed by atoms with Crippen molar-refractivity contribution in [2.45, 2.75) is 31.3 Å². The van der Waals surface area contributed by atoms with Crippen molar-refractivity contribution >= 4 is 23.4 Å². The molecule has 6 nitrogen and oxygen atoms in total. The summed E-state index contributed by atoms with van der Waals surface area (Å²) in [4.78, 5) is 12.2. The van der Waals surface area contributed by atoms with Gasteiger partial charge in [-0.05, 0) is 54.3 Å². The summed E-state index contributed by atoms with van der Waals surface area (Å²) in [6.07, 6.45) is 1.07. The molecule has 28 heavy (non-hydrogen) atoms. The maximum absolute atomic E-state index is 13.1. The molecular formula is C20H22FN5OS. The summed E-state index contributed by atoms with van der Waals surface area (Å²) in [6.45, 7) is 4.32. The van der Waals surface area contributed by atoms with Crippen LogP contribution < -0.4 is 11.2 Å². The van der Waals surface area contributed by atoms with Crippen LogP contribution in [0.5, 0.6) is 0 Å². The third kappa shape index (κ3) is 4.69. The Morgan fingerprint density at radius 1 is 1.18 bits per heavy atom. The summed E-state index contributed by atoms with van der Waals surface area (Å²) >= 11 is 1.18. The lowest BCUT2D eigenvalue weighted by atomic mass is 9.99. The fourth-order valence-electron chi connectivity index (χ4n) is 2.63. The van der Waals surface area contributed by atoms with E-state index >= 15 is 0 Å². The number of thioether (sulfide) groups is 1. The van der Waals surface area contributed by atoms with Crippen molar-refractivity contribution in [1.29, 1.82) is 0 Å². The number of carbonyl (C=O) groups excluding carboxylic acids is 1. The van der Waals surface area contributed by atoms with E-state index in [1.807, 2.05) is 24.3 Å². The molecule has 0 aliphatic carbocycles. The Morgan fingerprint density at radius 2 is 1.86 bits per heavy atom. The second kappa shape index (κ2) is 8.88. The Hall–Kier alpha value is -2.87. The number of hydrogen-bond acceptors (Lipinski definition) is 5. The van der Waals surface area contributed by atoms with Crippen molar-refractivity contribution < 1.29 is 9.18 Å². The van der Waals surface area contributed by atoms with Gasteiger partial charge >= 0.3 is 0 Å². The second-order valence-electron chi connectivity index (χ2n) is 6.45. The first-order valence-electron chi connectivity index (χ1n) is 8.97. The first kappa shape index (κ1) is 19.9. The summed E-state index contributed by atoms with van der Waals surface area (Å²) in [7, 11) is 0. The fraction of sp³-hybridized carbons (Fsp3) is 0.250. The number of nitrogens with one attached hydrogen (secondary N) is 1. The number of anilines is 1. The molecule has 0 spiro atoms. The highest BCUT2D eigenvalue weighted by Gasteiger charge is 2.14. The lowest BCUT2D eigenvalue weighted by molar-refractivity contribution is -0.113. The van der Waals surface area contributed by atoms with Crippen LogP contribution in [0.3, 0.4) is 0 Å². The molecule has 0 unspecified atom stereocenters.